The molecule has 1 fully saturated rings. The molecule has 2 N–H and O–H groups in total. The van der Waals surface area contributed by atoms with Gasteiger partial charge in [0.25, 0.3) is 6.43 Å². The number of carbonyl (C=O) groups is 1. The Kier molecular flexibility index (Phi) is 6.52. The number of nitrogens with two attached hydrogens (primary N) is 1. The molecular weight excluding hydrogens is 441 g/mol. The number of benzene rings is 1. The molecule has 2 aromatic rings. The number of carbonyl (C=O) groups excluding carboxylic acids is 1. The third kappa shape index (κ3) is 4.38. The fourth-order valence-electron chi connectivity index (χ4n) is 4.50. The number of aromatic nitrogens is 2. The molecule has 3 atom stereocenters. The van der Waals surface area contributed by atoms with Gasteiger partial charge in [0, 0.05) is 30.8 Å². The topological polar surface area (TPSA) is 90.5 Å². The van der Waals surface area contributed by atoms with Gasteiger partial charge in [0.05, 0.1) is 24.0 Å². The third-order valence-corrected chi connectivity index (χ3v) is 7.14. The van der Waals surface area contributed by atoms with Gasteiger partial charge in [-0.15, -0.1) is 0 Å². The molecule has 170 valence electrons. The Balaban J connectivity index is 1.63. The standard InChI is InChI=1S/C22H23F3N4O2S/c1-31-14-4-5-22(13(8-14)11-32-21(26)29-22)15-6-12(2-3-16(15)23)7-19(30)17-9-28-18(10-27-17)20(24)25/h2-3,6,9-10,13-14,20H,4-5,7-8,11H2,1H3,(H2,26,29)/t13-,14+,22-/m0/s1. The number of ether oxygens (including phenoxy) is 1. The van der Waals surface area contributed by atoms with E-state index in [1.54, 1.807) is 13.2 Å². The molecule has 1 aliphatic carbocycles. The lowest BCUT2D eigenvalue weighted by atomic mass is 9.68. The second kappa shape index (κ2) is 9.19. The average molecular weight is 465 g/mol. The zero-order valence-electron chi connectivity index (χ0n) is 17.4. The highest BCUT2D eigenvalue weighted by Gasteiger charge is 2.48. The van der Waals surface area contributed by atoms with Crippen molar-refractivity contribution < 1.29 is 22.7 Å². The molecule has 10 heteroatoms. The quantitative estimate of drug-likeness (QED) is 0.649. The second-order valence-corrected chi connectivity index (χ2v) is 9.10. The largest absolute Gasteiger partial charge is 0.381 e. The van der Waals surface area contributed by atoms with Gasteiger partial charge in [-0.1, -0.05) is 17.8 Å². The highest BCUT2D eigenvalue weighted by atomic mass is 32.2. The van der Waals surface area contributed by atoms with Crippen molar-refractivity contribution in [3.05, 3.63) is 58.9 Å². The number of Topliss-reactive ketones (excluding diaryl/α,β-unsaturated/α-hetero) is 1. The SMILES string of the molecule is CO[C@@H]1CC[C@]2(c3cc(CC(=O)c4cnc(C(F)F)cn4)ccc3F)N=C(N)SC[C@@H]2C1. The summed E-state index contributed by atoms with van der Waals surface area (Å²) in [6, 6.07) is 4.54. The van der Waals surface area contributed by atoms with Gasteiger partial charge >= 0.3 is 0 Å². The number of halogens is 3. The van der Waals surface area contributed by atoms with Gasteiger partial charge in [0.15, 0.2) is 11.0 Å². The molecular formula is C22H23F3N4O2S. The Hall–Kier alpha value is -2.46. The maximum atomic E-state index is 15.1. The number of methoxy groups -OCH3 is 1. The maximum Gasteiger partial charge on any atom is 0.281 e. The molecule has 2 aliphatic rings. The molecule has 4 rings (SSSR count). The molecule has 1 aromatic carbocycles. The lowest BCUT2D eigenvalue weighted by Crippen LogP contribution is -2.46. The molecule has 32 heavy (non-hydrogen) atoms. The lowest BCUT2D eigenvalue weighted by molar-refractivity contribution is 0.0229. The Labute approximate surface area is 187 Å². The lowest BCUT2D eigenvalue weighted by Gasteiger charge is -2.46. The summed E-state index contributed by atoms with van der Waals surface area (Å²) in [5, 5.41) is 0.424. The Morgan fingerprint density at radius 3 is 2.84 bits per heavy atom. The summed E-state index contributed by atoms with van der Waals surface area (Å²) in [5.41, 5.74) is 5.74. The number of hydrogen-bond acceptors (Lipinski definition) is 7. The van der Waals surface area contributed by atoms with E-state index in [1.807, 2.05) is 0 Å². The molecule has 0 unspecified atom stereocenters. The van der Waals surface area contributed by atoms with Crippen molar-refractivity contribution in [3.8, 4) is 0 Å². The van der Waals surface area contributed by atoms with Crippen LogP contribution in [0.2, 0.25) is 0 Å². The van der Waals surface area contributed by atoms with Crippen LogP contribution in [0.5, 0.6) is 0 Å². The van der Waals surface area contributed by atoms with E-state index >= 15 is 4.39 Å². The van der Waals surface area contributed by atoms with Crippen molar-refractivity contribution in [1.29, 1.82) is 0 Å². The van der Waals surface area contributed by atoms with Crippen LogP contribution in [-0.4, -0.2) is 39.9 Å². The van der Waals surface area contributed by atoms with E-state index in [0.29, 0.717) is 28.5 Å². The molecule has 0 spiro atoms. The summed E-state index contributed by atoms with van der Waals surface area (Å²) in [6.07, 6.45) is 1.26. The Morgan fingerprint density at radius 2 is 2.16 bits per heavy atom. The highest BCUT2D eigenvalue weighted by molar-refractivity contribution is 8.13. The summed E-state index contributed by atoms with van der Waals surface area (Å²) in [5.74, 6) is -0.0299. The Morgan fingerprint density at radius 1 is 1.34 bits per heavy atom. The van der Waals surface area contributed by atoms with E-state index in [0.717, 1.165) is 25.2 Å². The second-order valence-electron chi connectivity index (χ2n) is 8.06. The van der Waals surface area contributed by atoms with Crippen LogP contribution in [0.3, 0.4) is 0 Å². The molecule has 2 heterocycles. The van der Waals surface area contributed by atoms with Crippen molar-refractivity contribution in [3.63, 3.8) is 0 Å². The van der Waals surface area contributed by atoms with Gasteiger partial charge in [-0.3, -0.25) is 14.8 Å². The summed E-state index contributed by atoms with van der Waals surface area (Å²) >= 11 is 1.46. The van der Waals surface area contributed by atoms with Crippen LogP contribution in [0.1, 0.15) is 53.0 Å². The van der Waals surface area contributed by atoms with Crippen LogP contribution in [0.15, 0.2) is 35.6 Å². The number of fused-ring (bicyclic) bond motifs is 1. The van der Waals surface area contributed by atoms with Gasteiger partial charge in [0.1, 0.15) is 17.2 Å². The zero-order chi connectivity index (χ0) is 22.9. The van der Waals surface area contributed by atoms with E-state index in [1.165, 1.54) is 23.9 Å². The number of amidine groups is 1. The number of hydrogen-bond donors (Lipinski definition) is 1. The van der Waals surface area contributed by atoms with Crippen molar-refractivity contribution in [1.82, 2.24) is 9.97 Å². The van der Waals surface area contributed by atoms with Crippen LogP contribution in [0.25, 0.3) is 0 Å². The normalized spacial score (nSPS) is 25.3. The van der Waals surface area contributed by atoms with E-state index < -0.39 is 29.3 Å². The third-order valence-electron chi connectivity index (χ3n) is 6.19. The number of aliphatic imine (C=N–C) groups is 1. The van der Waals surface area contributed by atoms with Gasteiger partial charge in [-0.2, -0.15) is 0 Å². The maximum absolute atomic E-state index is 15.1. The molecule has 0 bridgehead atoms. The summed E-state index contributed by atoms with van der Waals surface area (Å²) in [7, 11) is 1.68. The van der Waals surface area contributed by atoms with Crippen molar-refractivity contribution >= 4 is 22.7 Å². The number of alkyl halides is 2. The minimum absolute atomic E-state index is 0.0201. The van der Waals surface area contributed by atoms with Crippen LogP contribution >= 0.6 is 11.8 Å². The van der Waals surface area contributed by atoms with E-state index in [9.17, 15) is 13.6 Å². The van der Waals surface area contributed by atoms with Crippen molar-refractivity contribution in [2.75, 3.05) is 12.9 Å². The van der Waals surface area contributed by atoms with Crippen LogP contribution < -0.4 is 5.73 Å². The van der Waals surface area contributed by atoms with Gasteiger partial charge in [0.2, 0.25) is 0 Å². The average Bonchev–Trinajstić information content (AvgIpc) is 2.79. The zero-order valence-corrected chi connectivity index (χ0v) is 18.2. The van der Waals surface area contributed by atoms with E-state index in [-0.39, 0.29) is 24.1 Å². The monoisotopic (exact) mass is 464 g/mol. The first kappa shape index (κ1) is 22.7. The number of thioether (sulfide) groups is 1. The first-order valence-electron chi connectivity index (χ1n) is 10.3. The summed E-state index contributed by atoms with van der Waals surface area (Å²) in [6.45, 7) is 0. The van der Waals surface area contributed by atoms with E-state index in [2.05, 4.69) is 9.97 Å². The summed E-state index contributed by atoms with van der Waals surface area (Å²) < 4.78 is 45.9. The predicted octanol–water partition coefficient (Wildman–Crippen LogP) is 4.05. The van der Waals surface area contributed by atoms with Crippen LogP contribution in [0, 0.1) is 11.7 Å². The van der Waals surface area contributed by atoms with Gasteiger partial charge in [-0.25, -0.2) is 18.2 Å². The molecule has 0 radical (unpaired) electrons. The van der Waals surface area contributed by atoms with Gasteiger partial charge in [-0.05, 0) is 37.0 Å². The molecule has 6 nitrogen and oxygen atoms in total. The van der Waals surface area contributed by atoms with Crippen LogP contribution in [-0.2, 0) is 16.7 Å². The number of nitrogens with zero attached hydrogens (tertiary/aromatic N) is 3. The molecule has 1 aliphatic heterocycles. The number of ketones is 1. The molecule has 1 saturated carbocycles. The molecule has 1 aromatic heterocycles. The molecule has 0 amide bonds. The smallest absolute Gasteiger partial charge is 0.281 e. The fourth-order valence-corrected chi connectivity index (χ4v) is 5.51. The van der Waals surface area contributed by atoms with Crippen molar-refractivity contribution in [2.45, 2.75) is 43.8 Å². The minimum Gasteiger partial charge on any atom is -0.381 e. The van der Waals surface area contributed by atoms with Crippen LogP contribution in [0.4, 0.5) is 13.2 Å². The minimum atomic E-state index is -2.76. The fraction of sp³-hybridized carbons (Fsp3) is 0.455. The van der Waals surface area contributed by atoms with E-state index in [4.69, 9.17) is 15.5 Å². The van der Waals surface area contributed by atoms with Crippen molar-refractivity contribution in [2.24, 2.45) is 16.6 Å². The number of rotatable bonds is 6. The Bertz CT molecular complexity index is 1030. The molecule has 0 saturated heterocycles. The predicted molar refractivity (Wildman–Crippen MR) is 115 cm³/mol. The summed E-state index contributed by atoms with van der Waals surface area (Å²) in [4.78, 5) is 24.7. The first-order valence-corrected chi connectivity index (χ1v) is 11.2. The van der Waals surface area contributed by atoms with Gasteiger partial charge < -0.3 is 10.5 Å². The first-order chi connectivity index (χ1) is 15.3. The highest BCUT2D eigenvalue weighted by Crippen LogP contribution is 2.50.